The largest absolute Gasteiger partial charge is 0.410 e. The zero-order valence-electron chi connectivity index (χ0n) is 28.8. The van der Waals surface area contributed by atoms with Crippen LogP contribution < -0.4 is 0 Å². The van der Waals surface area contributed by atoms with Gasteiger partial charge >= 0.3 is 0 Å². The number of hydrogen-bond acceptors (Lipinski definition) is 4. The van der Waals surface area contributed by atoms with E-state index in [1.165, 1.54) is 65.6 Å². The van der Waals surface area contributed by atoms with E-state index >= 15 is 0 Å². The summed E-state index contributed by atoms with van der Waals surface area (Å²) in [6.45, 7) is 25.6. The molecule has 1 aromatic heterocycles. The molecule has 1 fully saturated rings. The smallest absolute Gasteiger partial charge is 0.192 e. The summed E-state index contributed by atoms with van der Waals surface area (Å²) in [5.74, 6) is 0.464. The van der Waals surface area contributed by atoms with Gasteiger partial charge in [0, 0.05) is 23.9 Å². The molecule has 4 rings (SSSR count). The van der Waals surface area contributed by atoms with Crippen LogP contribution in [-0.4, -0.2) is 25.5 Å². The molecule has 1 heterocycles. The van der Waals surface area contributed by atoms with E-state index in [2.05, 4.69) is 93.6 Å². The Morgan fingerprint density at radius 3 is 2.21 bits per heavy atom. The average Bonchev–Trinajstić information content (AvgIpc) is 2.89. The second kappa shape index (κ2) is 12.1. The summed E-state index contributed by atoms with van der Waals surface area (Å²) in [6, 6.07) is 6.55. The zero-order valence-corrected chi connectivity index (χ0v) is 29.8. The first-order valence-electron chi connectivity index (χ1n) is 16.4. The van der Waals surface area contributed by atoms with Gasteiger partial charge in [-0.3, -0.25) is 4.98 Å². The Labute approximate surface area is 258 Å². The zero-order chi connectivity index (χ0) is 31.3. The first-order chi connectivity index (χ1) is 19.4. The van der Waals surface area contributed by atoms with Crippen LogP contribution in [0.2, 0.25) is 18.1 Å². The predicted molar refractivity (Wildman–Crippen MR) is 179 cm³/mol. The number of aliphatic hydroxyl groups is 1. The van der Waals surface area contributed by atoms with E-state index < -0.39 is 8.32 Å². The van der Waals surface area contributed by atoms with E-state index in [9.17, 15) is 5.11 Å². The van der Waals surface area contributed by atoms with E-state index in [4.69, 9.17) is 14.1 Å². The molecule has 0 bridgehead atoms. The van der Waals surface area contributed by atoms with Crippen molar-refractivity contribution in [3.8, 4) is 11.1 Å². The molecule has 4 nitrogen and oxygen atoms in total. The van der Waals surface area contributed by atoms with Gasteiger partial charge in [-0.25, -0.2) is 0 Å². The van der Waals surface area contributed by atoms with Crippen LogP contribution in [0.5, 0.6) is 0 Å². The van der Waals surface area contributed by atoms with Crippen molar-refractivity contribution in [1.82, 2.24) is 4.98 Å². The van der Waals surface area contributed by atoms with Crippen molar-refractivity contribution in [2.75, 3.05) is 7.11 Å². The third-order valence-electron chi connectivity index (χ3n) is 10.4. The molecular formula is C37H59NO3Si. The number of benzene rings is 1. The summed E-state index contributed by atoms with van der Waals surface area (Å²) >= 11 is 0. The first kappa shape index (κ1) is 33.4. The number of ether oxygens (including phenoxy) is 1. The number of rotatable bonds is 7. The minimum absolute atomic E-state index is 0.0228. The Bertz CT molecular complexity index is 1260. The highest BCUT2D eigenvalue weighted by molar-refractivity contribution is 6.74. The third kappa shape index (κ3) is 6.75. The van der Waals surface area contributed by atoms with Crippen LogP contribution in [0.1, 0.15) is 153 Å². The molecule has 234 valence electrons. The number of fused-ring (bicyclic) bond motifs is 1. The average molecular weight is 594 g/mol. The van der Waals surface area contributed by atoms with Crippen LogP contribution in [0.4, 0.5) is 0 Å². The molecule has 0 saturated heterocycles. The van der Waals surface area contributed by atoms with Crippen LogP contribution in [0, 0.1) is 5.41 Å². The number of aliphatic hydroxyl groups excluding tert-OH is 1. The number of aromatic nitrogens is 1. The Balaban J connectivity index is 2.16. The fourth-order valence-electron chi connectivity index (χ4n) is 7.00. The molecule has 1 saturated carbocycles. The highest BCUT2D eigenvalue weighted by Crippen LogP contribution is 2.54. The van der Waals surface area contributed by atoms with Gasteiger partial charge < -0.3 is 14.3 Å². The molecule has 2 aromatic rings. The Hall–Kier alpha value is -1.53. The van der Waals surface area contributed by atoms with Crippen LogP contribution in [-0.2, 0) is 27.6 Å². The van der Waals surface area contributed by atoms with Gasteiger partial charge in [0.05, 0.1) is 24.5 Å². The van der Waals surface area contributed by atoms with Crippen molar-refractivity contribution in [3.63, 3.8) is 0 Å². The van der Waals surface area contributed by atoms with Crippen LogP contribution in [0.15, 0.2) is 18.2 Å². The maximum absolute atomic E-state index is 10.3. The Morgan fingerprint density at radius 1 is 1.02 bits per heavy atom. The fraction of sp³-hybridized carbons (Fsp3) is 0.703. The quantitative estimate of drug-likeness (QED) is 0.325. The van der Waals surface area contributed by atoms with Gasteiger partial charge in [0.15, 0.2) is 8.32 Å². The molecule has 42 heavy (non-hydrogen) atoms. The molecule has 2 atom stereocenters. The summed E-state index contributed by atoms with van der Waals surface area (Å²) in [4.78, 5) is 5.58. The van der Waals surface area contributed by atoms with Crippen molar-refractivity contribution in [2.45, 2.75) is 156 Å². The molecule has 1 aromatic carbocycles. The fourth-order valence-corrected chi connectivity index (χ4v) is 8.27. The van der Waals surface area contributed by atoms with E-state index in [0.717, 1.165) is 24.1 Å². The standard InChI is InChI=1S/C37H59NO3Si/c1-24(40-10)34-32(27-20-25(23-39)18-19-28(27)35(2,3)4)31(26-16-14-13-15-17-26)33-29(38-34)21-37(8,9)22-30(33)41-42(11,12)36(5,6)7/h18-20,24,26,30,39H,13-17,21-23H2,1-12H3/t24?,30-/m0/s1. The van der Waals surface area contributed by atoms with Crippen LogP contribution in [0.25, 0.3) is 11.1 Å². The van der Waals surface area contributed by atoms with Crippen molar-refractivity contribution < 1.29 is 14.3 Å². The van der Waals surface area contributed by atoms with E-state index in [0.29, 0.717) is 5.92 Å². The van der Waals surface area contributed by atoms with Gasteiger partial charge in [-0.2, -0.15) is 0 Å². The second-order valence-electron chi connectivity index (χ2n) is 16.6. The monoisotopic (exact) mass is 593 g/mol. The van der Waals surface area contributed by atoms with Gasteiger partial charge in [-0.05, 0) is 95.8 Å². The lowest BCUT2D eigenvalue weighted by atomic mass is 9.68. The first-order valence-corrected chi connectivity index (χ1v) is 19.3. The number of nitrogens with zero attached hydrogens (tertiary/aromatic N) is 1. The second-order valence-corrected chi connectivity index (χ2v) is 21.3. The summed E-state index contributed by atoms with van der Waals surface area (Å²) < 4.78 is 13.5. The van der Waals surface area contributed by atoms with Crippen LogP contribution in [0.3, 0.4) is 0 Å². The normalized spacial score (nSPS) is 20.8. The minimum atomic E-state index is -2.08. The Morgan fingerprint density at radius 2 is 1.67 bits per heavy atom. The summed E-state index contributed by atoms with van der Waals surface area (Å²) in [6.07, 6.45) is 8.07. The van der Waals surface area contributed by atoms with Gasteiger partial charge in [0.1, 0.15) is 0 Å². The number of pyridine rings is 1. The molecule has 2 aliphatic carbocycles. The maximum Gasteiger partial charge on any atom is 0.192 e. The Kier molecular flexibility index (Phi) is 9.61. The van der Waals surface area contributed by atoms with E-state index in [1.807, 2.05) is 0 Å². The third-order valence-corrected chi connectivity index (χ3v) is 14.9. The molecule has 0 aliphatic heterocycles. The summed E-state index contributed by atoms with van der Waals surface area (Å²) in [7, 11) is -0.272. The molecule has 0 amide bonds. The SMILES string of the molecule is COC(C)c1nc2c(c(C3CCCCC3)c1-c1cc(CO)ccc1C(C)(C)C)[C@@H](O[Si](C)(C)C(C)(C)C)CC(C)(C)C2. The molecule has 1 N–H and O–H groups in total. The van der Waals surface area contributed by atoms with Gasteiger partial charge in [-0.1, -0.05) is 86.8 Å². The summed E-state index contributed by atoms with van der Waals surface area (Å²) in [5, 5.41) is 10.4. The van der Waals surface area contributed by atoms with Crippen molar-refractivity contribution in [3.05, 3.63) is 51.8 Å². The topological polar surface area (TPSA) is 51.6 Å². The molecule has 0 radical (unpaired) electrons. The molecule has 0 spiro atoms. The minimum Gasteiger partial charge on any atom is -0.410 e. The highest BCUT2D eigenvalue weighted by Gasteiger charge is 2.45. The van der Waals surface area contributed by atoms with Crippen molar-refractivity contribution in [2.24, 2.45) is 5.41 Å². The lowest BCUT2D eigenvalue weighted by Crippen LogP contribution is -2.44. The number of hydrogen-bond donors (Lipinski definition) is 1. The molecular weight excluding hydrogens is 534 g/mol. The summed E-state index contributed by atoms with van der Waals surface area (Å²) in [5.41, 5.74) is 9.82. The highest BCUT2D eigenvalue weighted by atomic mass is 28.4. The van der Waals surface area contributed by atoms with Gasteiger partial charge in [-0.15, -0.1) is 0 Å². The van der Waals surface area contributed by atoms with Crippen molar-refractivity contribution in [1.29, 1.82) is 0 Å². The van der Waals surface area contributed by atoms with E-state index in [-0.39, 0.29) is 34.7 Å². The molecule has 5 heteroatoms. The number of methoxy groups -OCH3 is 1. The molecule has 2 aliphatic rings. The van der Waals surface area contributed by atoms with Gasteiger partial charge in [0.25, 0.3) is 0 Å². The predicted octanol–water partition coefficient (Wildman–Crippen LogP) is 10.3. The maximum atomic E-state index is 10.3. The lowest BCUT2D eigenvalue weighted by Gasteiger charge is -2.46. The van der Waals surface area contributed by atoms with Crippen molar-refractivity contribution >= 4 is 8.32 Å². The molecule has 1 unspecified atom stereocenters. The van der Waals surface area contributed by atoms with E-state index in [1.54, 1.807) is 7.11 Å². The van der Waals surface area contributed by atoms with Crippen LogP contribution >= 0.6 is 0 Å². The van der Waals surface area contributed by atoms with Gasteiger partial charge in [0.2, 0.25) is 0 Å². The lowest BCUT2D eigenvalue weighted by molar-refractivity contribution is 0.101.